The first-order valence-corrected chi connectivity index (χ1v) is 7.93. The normalized spacial score (nSPS) is 11.3. The van der Waals surface area contributed by atoms with Crippen molar-refractivity contribution >= 4 is 5.91 Å². The van der Waals surface area contributed by atoms with E-state index in [1.165, 1.54) is 12.1 Å². The Bertz CT molecular complexity index is 678. The molecule has 24 heavy (non-hydrogen) atoms. The molecule has 128 valence electrons. The fourth-order valence-electron chi connectivity index (χ4n) is 2.34. The molecule has 1 N–H and O–H groups in total. The Kier molecular flexibility index (Phi) is 6.01. The van der Waals surface area contributed by atoms with Gasteiger partial charge in [0.25, 0.3) is 0 Å². The first kappa shape index (κ1) is 18.0. The molecule has 0 heterocycles. The van der Waals surface area contributed by atoms with Crippen LogP contribution in [0.3, 0.4) is 0 Å². The van der Waals surface area contributed by atoms with Gasteiger partial charge < -0.3 is 5.32 Å². The molecule has 1 amide bonds. The van der Waals surface area contributed by atoms with E-state index in [1.54, 1.807) is 0 Å². The minimum Gasteiger partial charge on any atom is -0.352 e. The van der Waals surface area contributed by atoms with Gasteiger partial charge in [-0.15, -0.1) is 0 Å². The van der Waals surface area contributed by atoms with Crippen molar-refractivity contribution in [2.45, 2.75) is 38.9 Å². The predicted molar refractivity (Wildman–Crippen MR) is 88.3 cm³/mol. The number of amides is 1. The van der Waals surface area contributed by atoms with Crippen LogP contribution in [-0.2, 0) is 17.5 Å². The summed E-state index contributed by atoms with van der Waals surface area (Å²) in [5, 5.41) is 2.85. The van der Waals surface area contributed by atoms with Crippen molar-refractivity contribution in [2.24, 2.45) is 0 Å². The van der Waals surface area contributed by atoms with Crippen LogP contribution in [0, 0.1) is 0 Å². The highest BCUT2D eigenvalue weighted by Gasteiger charge is 2.29. The third kappa shape index (κ3) is 5.11. The second-order valence-electron chi connectivity index (χ2n) is 5.66. The fraction of sp³-hybridized carbons (Fsp3) is 0.316. The van der Waals surface area contributed by atoms with Crippen molar-refractivity contribution in [1.82, 2.24) is 5.32 Å². The molecule has 0 saturated heterocycles. The molecule has 0 spiro atoms. The molecule has 2 nitrogen and oxygen atoms in total. The first-order valence-electron chi connectivity index (χ1n) is 7.93. The topological polar surface area (TPSA) is 29.1 Å². The van der Waals surface area contributed by atoms with Crippen LogP contribution in [0.2, 0.25) is 0 Å². The number of carbonyl (C=O) groups is 1. The van der Waals surface area contributed by atoms with Crippen LogP contribution in [-0.4, -0.2) is 5.91 Å². The number of nitrogens with one attached hydrogen (secondary N) is 1. The molecule has 2 rings (SSSR count). The van der Waals surface area contributed by atoms with Crippen LogP contribution in [0.1, 0.15) is 37.3 Å². The minimum absolute atomic E-state index is 0.0109. The highest BCUT2D eigenvalue weighted by molar-refractivity contribution is 5.75. The zero-order valence-electron chi connectivity index (χ0n) is 13.5. The van der Waals surface area contributed by atoms with Crippen molar-refractivity contribution < 1.29 is 18.0 Å². The monoisotopic (exact) mass is 335 g/mol. The van der Waals surface area contributed by atoms with Crippen molar-refractivity contribution in [3.05, 3.63) is 59.7 Å². The number of unbranched alkanes of at least 4 members (excludes halogenated alkanes) is 1. The molecule has 0 atom stereocenters. The molecule has 0 aliphatic carbocycles. The van der Waals surface area contributed by atoms with Gasteiger partial charge in [0.1, 0.15) is 0 Å². The molecule has 0 aliphatic heterocycles. The summed E-state index contributed by atoms with van der Waals surface area (Å²) in [4.78, 5) is 11.6. The molecule has 0 bridgehead atoms. The number of hydrogen-bond donors (Lipinski definition) is 1. The van der Waals surface area contributed by atoms with E-state index in [1.807, 2.05) is 31.2 Å². The van der Waals surface area contributed by atoms with E-state index in [4.69, 9.17) is 0 Å². The molecule has 0 unspecified atom stereocenters. The SMILES string of the molecule is CCCCC(=O)NCc1cccc(-c2ccc(C(F)(F)F)cc2)c1. The third-order valence-electron chi connectivity index (χ3n) is 3.72. The maximum Gasteiger partial charge on any atom is 0.416 e. The molecule has 5 heteroatoms. The number of rotatable bonds is 6. The number of carbonyl (C=O) groups excluding carboxylic acids is 1. The van der Waals surface area contributed by atoms with Crippen molar-refractivity contribution in [3.8, 4) is 11.1 Å². The Balaban J connectivity index is 2.06. The lowest BCUT2D eigenvalue weighted by atomic mass is 10.0. The van der Waals surface area contributed by atoms with Crippen molar-refractivity contribution in [3.63, 3.8) is 0 Å². The lowest BCUT2D eigenvalue weighted by Gasteiger charge is -2.09. The van der Waals surface area contributed by atoms with E-state index in [9.17, 15) is 18.0 Å². The average Bonchev–Trinajstić information content (AvgIpc) is 2.58. The standard InChI is InChI=1S/C19H20F3NO/c1-2-3-7-18(24)23-13-14-5-4-6-16(12-14)15-8-10-17(11-9-15)19(20,21)22/h4-6,8-12H,2-3,7,13H2,1H3,(H,23,24). The summed E-state index contributed by atoms with van der Waals surface area (Å²) < 4.78 is 37.8. The van der Waals surface area contributed by atoms with Crippen LogP contribution >= 0.6 is 0 Å². The maximum absolute atomic E-state index is 12.6. The summed E-state index contributed by atoms with van der Waals surface area (Å²) in [6.45, 7) is 2.44. The lowest BCUT2D eigenvalue weighted by molar-refractivity contribution is -0.137. The predicted octanol–water partition coefficient (Wildman–Crippen LogP) is 5.18. The highest BCUT2D eigenvalue weighted by Crippen LogP contribution is 2.31. The third-order valence-corrected chi connectivity index (χ3v) is 3.72. The van der Waals surface area contributed by atoms with Gasteiger partial charge in [-0.3, -0.25) is 4.79 Å². The molecule has 0 saturated carbocycles. The molecule has 0 fully saturated rings. The summed E-state index contributed by atoms with van der Waals surface area (Å²) in [7, 11) is 0. The second kappa shape index (κ2) is 7.99. The summed E-state index contributed by atoms with van der Waals surface area (Å²) in [6, 6.07) is 12.5. The highest BCUT2D eigenvalue weighted by atomic mass is 19.4. The minimum atomic E-state index is -4.33. The van der Waals surface area contributed by atoms with Crippen LogP contribution in [0.4, 0.5) is 13.2 Å². The van der Waals surface area contributed by atoms with Gasteiger partial charge in [0.2, 0.25) is 5.91 Å². The Morgan fingerprint density at radius 1 is 1.04 bits per heavy atom. The van der Waals surface area contributed by atoms with Crippen molar-refractivity contribution in [1.29, 1.82) is 0 Å². The van der Waals surface area contributed by atoms with E-state index in [2.05, 4.69) is 5.32 Å². The van der Waals surface area contributed by atoms with Gasteiger partial charge in [-0.1, -0.05) is 43.7 Å². The van der Waals surface area contributed by atoms with Gasteiger partial charge in [-0.2, -0.15) is 13.2 Å². The molecule has 0 aromatic heterocycles. The van der Waals surface area contributed by atoms with Gasteiger partial charge in [-0.05, 0) is 41.3 Å². The summed E-state index contributed by atoms with van der Waals surface area (Å²) in [5.74, 6) is 0.0109. The van der Waals surface area contributed by atoms with E-state index in [0.29, 0.717) is 18.5 Å². The van der Waals surface area contributed by atoms with Crippen LogP contribution in [0.15, 0.2) is 48.5 Å². The van der Waals surface area contributed by atoms with Gasteiger partial charge >= 0.3 is 6.18 Å². The largest absolute Gasteiger partial charge is 0.416 e. The molecule has 2 aromatic carbocycles. The molecular formula is C19H20F3NO. The van der Waals surface area contributed by atoms with Crippen LogP contribution < -0.4 is 5.32 Å². The van der Waals surface area contributed by atoms with E-state index in [0.717, 1.165) is 36.1 Å². The molecular weight excluding hydrogens is 315 g/mol. The summed E-state index contributed by atoms with van der Waals surface area (Å²) >= 11 is 0. The first-order chi connectivity index (χ1) is 11.4. The lowest BCUT2D eigenvalue weighted by Crippen LogP contribution is -2.22. The number of benzene rings is 2. The van der Waals surface area contributed by atoms with Crippen LogP contribution in [0.5, 0.6) is 0 Å². The Hall–Kier alpha value is -2.30. The molecule has 2 aromatic rings. The van der Waals surface area contributed by atoms with E-state index < -0.39 is 11.7 Å². The average molecular weight is 335 g/mol. The zero-order valence-corrected chi connectivity index (χ0v) is 13.5. The number of alkyl halides is 3. The van der Waals surface area contributed by atoms with E-state index >= 15 is 0 Å². The maximum atomic E-state index is 12.6. The number of halogens is 3. The van der Waals surface area contributed by atoms with Crippen LogP contribution in [0.25, 0.3) is 11.1 Å². The zero-order chi connectivity index (χ0) is 17.6. The van der Waals surface area contributed by atoms with E-state index in [-0.39, 0.29) is 5.91 Å². The van der Waals surface area contributed by atoms with Gasteiger partial charge in [0.05, 0.1) is 5.56 Å². The number of hydrogen-bond acceptors (Lipinski definition) is 1. The van der Waals surface area contributed by atoms with Gasteiger partial charge in [0.15, 0.2) is 0 Å². The van der Waals surface area contributed by atoms with Gasteiger partial charge in [-0.25, -0.2) is 0 Å². The summed E-state index contributed by atoms with van der Waals surface area (Å²) in [5.41, 5.74) is 1.79. The second-order valence-corrected chi connectivity index (χ2v) is 5.66. The summed E-state index contributed by atoms with van der Waals surface area (Å²) in [6.07, 6.45) is -1.99. The smallest absolute Gasteiger partial charge is 0.352 e. The van der Waals surface area contributed by atoms with Crippen molar-refractivity contribution in [2.75, 3.05) is 0 Å². The Morgan fingerprint density at radius 2 is 1.75 bits per heavy atom. The molecule has 0 radical (unpaired) electrons. The Labute approximate surface area is 139 Å². The fourth-order valence-corrected chi connectivity index (χ4v) is 2.34. The van der Waals surface area contributed by atoms with Gasteiger partial charge in [0, 0.05) is 13.0 Å². The quantitative estimate of drug-likeness (QED) is 0.774. The Morgan fingerprint density at radius 3 is 2.38 bits per heavy atom. The molecule has 0 aliphatic rings.